The Hall–Kier alpha value is -3.91. The highest BCUT2D eigenvalue weighted by Crippen LogP contribution is 2.40. The third kappa shape index (κ3) is 3.97. The van der Waals surface area contributed by atoms with Crippen LogP contribution >= 0.6 is 11.8 Å². The fourth-order valence-electron chi connectivity index (χ4n) is 4.11. The number of carbonyl (C=O) groups excluding carboxylic acids is 3. The molecule has 7 nitrogen and oxygen atoms in total. The summed E-state index contributed by atoms with van der Waals surface area (Å²) in [7, 11) is 1.55. The summed E-state index contributed by atoms with van der Waals surface area (Å²) in [6, 6.07) is 23.3. The Morgan fingerprint density at radius 3 is 2.44 bits per heavy atom. The van der Waals surface area contributed by atoms with Crippen LogP contribution in [-0.4, -0.2) is 47.0 Å². The standard InChI is InChI=1S/C26H21N3O4S/c1-33-19-13-11-18(12-14-19)29-25(31)24-23(20-9-5-6-10-21(20)34-24)28(26(29)32)16-22(30)27-15-17-7-3-2-4-8-17/h2-14,24H,15-16H2,1H3/p+1. The molecular weight excluding hydrogens is 450 g/mol. The van der Waals surface area contributed by atoms with Gasteiger partial charge in [-0.25, -0.2) is 4.79 Å². The van der Waals surface area contributed by atoms with Gasteiger partial charge in [0, 0.05) is 17.0 Å². The van der Waals surface area contributed by atoms with Crippen LogP contribution < -0.4 is 15.0 Å². The van der Waals surface area contributed by atoms with Crippen molar-refractivity contribution >= 4 is 41.0 Å². The molecular formula is C26H22N3O4S+. The summed E-state index contributed by atoms with van der Waals surface area (Å²) < 4.78 is 6.63. The lowest BCUT2D eigenvalue weighted by Crippen LogP contribution is -2.57. The van der Waals surface area contributed by atoms with Crippen molar-refractivity contribution in [2.75, 3.05) is 18.6 Å². The Morgan fingerprint density at radius 1 is 1.00 bits per heavy atom. The number of anilines is 1. The van der Waals surface area contributed by atoms with Gasteiger partial charge >= 0.3 is 11.9 Å². The lowest BCUT2D eigenvalue weighted by molar-refractivity contribution is -0.415. The lowest BCUT2D eigenvalue weighted by Gasteiger charge is -2.24. The van der Waals surface area contributed by atoms with E-state index in [1.54, 1.807) is 31.4 Å². The van der Waals surface area contributed by atoms with Crippen molar-refractivity contribution in [3.8, 4) is 5.75 Å². The Kier molecular flexibility index (Phi) is 5.90. The van der Waals surface area contributed by atoms with E-state index in [0.29, 0.717) is 23.7 Å². The van der Waals surface area contributed by atoms with Crippen LogP contribution in [0.2, 0.25) is 0 Å². The van der Waals surface area contributed by atoms with E-state index in [-0.39, 0.29) is 18.4 Å². The molecule has 0 saturated heterocycles. The maximum Gasteiger partial charge on any atom is 0.506 e. The third-order valence-electron chi connectivity index (χ3n) is 5.78. The first-order chi connectivity index (χ1) is 16.6. The van der Waals surface area contributed by atoms with Crippen molar-refractivity contribution in [1.29, 1.82) is 0 Å². The molecule has 1 atom stereocenters. The number of thioether (sulfide) groups is 1. The predicted molar refractivity (Wildman–Crippen MR) is 129 cm³/mol. The molecule has 3 aromatic carbocycles. The fourth-order valence-corrected chi connectivity index (χ4v) is 5.40. The Labute approximate surface area is 201 Å². The molecule has 2 aliphatic rings. The number of amides is 4. The number of fused-ring (bicyclic) bond motifs is 3. The van der Waals surface area contributed by atoms with Crippen LogP contribution in [0, 0.1) is 0 Å². The van der Waals surface area contributed by atoms with Crippen molar-refractivity contribution in [3.63, 3.8) is 0 Å². The second-order valence-corrected chi connectivity index (χ2v) is 9.03. The molecule has 170 valence electrons. The Bertz CT molecular complexity index is 1310. The zero-order valence-electron chi connectivity index (χ0n) is 18.4. The van der Waals surface area contributed by atoms with E-state index >= 15 is 0 Å². The van der Waals surface area contributed by atoms with Crippen LogP contribution in [0.15, 0.2) is 83.8 Å². The second kappa shape index (κ2) is 9.15. The zero-order valence-corrected chi connectivity index (χ0v) is 19.2. The summed E-state index contributed by atoms with van der Waals surface area (Å²) in [4.78, 5) is 42.1. The Morgan fingerprint density at radius 2 is 1.71 bits per heavy atom. The summed E-state index contributed by atoms with van der Waals surface area (Å²) in [6.45, 7) is 0.166. The maximum absolute atomic E-state index is 13.6. The molecule has 0 fully saturated rings. The number of methoxy groups -OCH3 is 1. The van der Waals surface area contributed by atoms with Gasteiger partial charge in [0.15, 0.2) is 11.8 Å². The number of urea groups is 1. The van der Waals surface area contributed by atoms with E-state index in [2.05, 4.69) is 5.32 Å². The number of benzene rings is 3. The molecule has 0 spiro atoms. The maximum atomic E-state index is 13.6. The van der Waals surface area contributed by atoms with Gasteiger partial charge in [0.25, 0.3) is 5.91 Å². The number of nitrogens with one attached hydrogen (secondary N) is 1. The van der Waals surface area contributed by atoms with Crippen molar-refractivity contribution in [1.82, 2.24) is 5.32 Å². The van der Waals surface area contributed by atoms with Crippen molar-refractivity contribution < 1.29 is 23.7 Å². The summed E-state index contributed by atoms with van der Waals surface area (Å²) in [5, 5.41) is 2.27. The highest BCUT2D eigenvalue weighted by atomic mass is 32.2. The number of carbonyl (C=O) groups is 3. The van der Waals surface area contributed by atoms with E-state index in [4.69, 9.17) is 4.74 Å². The van der Waals surface area contributed by atoms with Crippen LogP contribution in [-0.2, 0) is 16.1 Å². The van der Waals surface area contributed by atoms with Crippen LogP contribution in [0.1, 0.15) is 11.1 Å². The van der Waals surface area contributed by atoms with Gasteiger partial charge in [0.2, 0.25) is 0 Å². The molecule has 2 aliphatic heterocycles. The van der Waals surface area contributed by atoms with Crippen LogP contribution in [0.4, 0.5) is 10.5 Å². The van der Waals surface area contributed by atoms with Gasteiger partial charge in [0.05, 0.1) is 7.11 Å². The molecule has 0 aromatic heterocycles. The van der Waals surface area contributed by atoms with Crippen LogP contribution in [0.5, 0.6) is 5.75 Å². The molecule has 0 saturated carbocycles. The number of hydrogen-bond acceptors (Lipinski definition) is 5. The molecule has 5 rings (SSSR count). The normalized spacial score (nSPS) is 16.9. The summed E-state index contributed by atoms with van der Waals surface area (Å²) >= 11 is 1.40. The molecule has 0 bridgehead atoms. The molecule has 0 aliphatic carbocycles. The van der Waals surface area contributed by atoms with Gasteiger partial charge in [-0.1, -0.05) is 42.5 Å². The van der Waals surface area contributed by atoms with Crippen LogP contribution in [0.25, 0.3) is 0 Å². The average molecular weight is 473 g/mol. The van der Waals surface area contributed by atoms with E-state index < -0.39 is 11.3 Å². The quantitative estimate of drug-likeness (QED) is 0.556. The number of hydrogen-bond donors (Lipinski definition) is 1. The number of nitrogens with zero attached hydrogens (tertiary/aromatic N) is 2. The smallest absolute Gasteiger partial charge is 0.497 e. The SMILES string of the molecule is COc1ccc(N2C(=O)C3Sc4ccccc4C3=[N+](CC(=O)NCc3ccccc3)C2=O)cc1. The minimum atomic E-state index is -0.612. The van der Waals surface area contributed by atoms with Crippen molar-refractivity contribution in [2.24, 2.45) is 0 Å². The van der Waals surface area contributed by atoms with Crippen molar-refractivity contribution in [2.45, 2.75) is 16.7 Å². The van der Waals surface area contributed by atoms with Gasteiger partial charge in [-0.05, 0) is 42.0 Å². The molecule has 34 heavy (non-hydrogen) atoms. The highest BCUT2D eigenvalue weighted by Gasteiger charge is 2.53. The minimum absolute atomic E-state index is 0.188. The van der Waals surface area contributed by atoms with E-state index in [9.17, 15) is 14.4 Å². The lowest BCUT2D eigenvalue weighted by atomic mass is 10.0. The highest BCUT2D eigenvalue weighted by molar-refractivity contribution is 8.02. The van der Waals surface area contributed by atoms with Crippen LogP contribution in [0.3, 0.4) is 0 Å². The first kappa shape index (κ1) is 21.9. The molecule has 4 amide bonds. The molecule has 1 unspecified atom stereocenters. The van der Waals surface area contributed by atoms with E-state index in [1.165, 1.54) is 16.3 Å². The molecule has 2 heterocycles. The monoisotopic (exact) mass is 472 g/mol. The summed E-state index contributed by atoms with van der Waals surface area (Å²) in [5.74, 6) is -0.0122. The fraction of sp³-hybridized carbons (Fsp3) is 0.154. The first-order valence-electron chi connectivity index (χ1n) is 10.8. The molecule has 3 aromatic rings. The number of ether oxygens (including phenoxy) is 1. The number of imide groups is 1. The molecule has 0 radical (unpaired) electrons. The van der Waals surface area contributed by atoms with Gasteiger partial charge in [0.1, 0.15) is 17.1 Å². The number of rotatable bonds is 6. The largest absolute Gasteiger partial charge is 0.506 e. The first-order valence-corrected chi connectivity index (χ1v) is 11.7. The zero-order chi connectivity index (χ0) is 23.7. The molecule has 1 N–H and O–H groups in total. The summed E-state index contributed by atoms with van der Waals surface area (Å²) in [5.41, 5.74) is 2.77. The van der Waals surface area contributed by atoms with E-state index in [1.807, 2.05) is 54.6 Å². The summed E-state index contributed by atoms with van der Waals surface area (Å²) in [6.07, 6.45) is 0. The van der Waals surface area contributed by atoms with E-state index in [0.717, 1.165) is 20.9 Å². The predicted octanol–water partition coefficient (Wildman–Crippen LogP) is 3.45. The minimum Gasteiger partial charge on any atom is -0.497 e. The average Bonchev–Trinajstić information content (AvgIpc) is 3.26. The van der Waals surface area contributed by atoms with Gasteiger partial charge in [-0.15, -0.1) is 16.7 Å². The van der Waals surface area contributed by atoms with Crippen molar-refractivity contribution in [3.05, 3.63) is 90.0 Å². The third-order valence-corrected chi connectivity index (χ3v) is 7.05. The van der Waals surface area contributed by atoms with Gasteiger partial charge in [-0.2, -0.15) is 9.37 Å². The van der Waals surface area contributed by atoms with Gasteiger partial charge < -0.3 is 10.1 Å². The molecule has 8 heteroatoms. The Balaban J connectivity index is 1.50. The second-order valence-electron chi connectivity index (χ2n) is 7.88. The van der Waals surface area contributed by atoms with Gasteiger partial charge in [-0.3, -0.25) is 4.79 Å². The topological polar surface area (TPSA) is 78.7 Å².